The summed E-state index contributed by atoms with van der Waals surface area (Å²) in [7, 11) is 1.42. The third kappa shape index (κ3) is 5.63. The number of hydrogen-bond donors (Lipinski definition) is 1. The Hall–Kier alpha value is -1.98. The minimum atomic E-state index is -0.393. The van der Waals surface area contributed by atoms with Gasteiger partial charge in [0, 0.05) is 17.8 Å². The van der Waals surface area contributed by atoms with Gasteiger partial charge in [-0.25, -0.2) is 4.39 Å². The fraction of sp³-hybridized carbons (Fsp3) is 0.621. The van der Waals surface area contributed by atoms with Gasteiger partial charge in [-0.2, -0.15) is 0 Å². The molecular formula is C29H39FO4. The molecule has 0 aromatic heterocycles. The average molecular weight is 471 g/mol. The van der Waals surface area contributed by atoms with Crippen molar-refractivity contribution in [3.63, 3.8) is 0 Å². The second-order valence-corrected chi connectivity index (χ2v) is 10.3. The van der Waals surface area contributed by atoms with E-state index in [1.54, 1.807) is 12.1 Å². The van der Waals surface area contributed by atoms with E-state index in [-0.39, 0.29) is 29.2 Å². The first kappa shape index (κ1) is 25.1. The molecule has 1 heterocycles. The van der Waals surface area contributed by atoms with E-state index in [1.165, 1.54) is 26.4 Å². The zero-order valence-corrected chi connectivity index (χ0v) is 20.3. The van der Waals surface area contributed by atoms with Crippen molar-refractivity contribution in [3.05, 3.63) is 60.0 Å². The number of hydrogen-bond acceptors (Lipinski definition) is 4. The minimum Gasteiger partial charge on any atom is -0.469 e. The van der Waals surface area contributed by atoms with E-state index in [9.17, 15) is 14.3 Å². The Balaban J connectivity index is 1.48. The Morgan fingerprint density at radius 1 is 1.24 bits per heavy atom. The molecule has 0 radical (unpaired) electrons. The summed E-state index contributed by atoms with van der Waals surface area (Å²) in [5, 5.41) is 10.8. The Morgan fingerprint density at radius 2 is 2.00 bits per heavy atom. The fourth-order valence-electron chi connectivity index (χ4n) is 6.41. The molecule has 0 amide bonds. The number of unbranched alkanes of at least 4 members (excludes halogenated alkanes) is 1. The number of allylic oxidation sites excluding steroid dienone is 2. The standard InChI is InChI=1S/C29H39FO4/c1-33-28(32)12-8-3-2-7-11-25-24(17-18-26(31)21-9-5-4-6-10-21)27-19-29(25,20-34-27)22-13-15-23(30)16-14-22/h2,7,13-18,21,24-27,31H,3-6,8-12,19-20H2,1H3/t24-,25-,26+,27-,29-/m0/s1. The van der Waals surface area contributed by atoms with Crippen molar-refractivity contribution in [2.45, 2.75) is 81.8 Å². The third-order valence-corrected chi connectivity index (χ3v) is 8.34. The monoisotopic (exact) mass is 470 g/mol. The molecular weight excluding hydrogens is 431 g/mol. The molecule has 186 valence electrons. The molecule has 0 spiro atoms. The smallest absolute Gasteiger partial charge is 0.305 e. The highest BCUT2D eigenvalue weighted by molar-refractivity contribution is 5.69. The average Bonchev–Trinajstić information content (AvgIpc) is 3.43. The Bertz CT molecular complexity index is 857. The molecule has 4 nitrogen and oxygen atoms in total. The number of halogens is 1. The molecule has 5 heteroatoms. The number of rotatable bonds is 10. The van der Waals surface area contributed by atoms with Gasteiger partial charge in [-0.1, -0.05) is 55.7 Å². The van der Waals surface area contributed by atoms with Gasteiger partial charge in [0.25, 0.3) is 0 Å². The molecule has 1 N–H and O–H groups in total. The predicted octanol–water partition coefficient (Wildman–Crippen LogP) is 5.89. The van der Waals surface area contributed by atoms with Crippen LogP contribution in [0, 0.1) is 23.6 Å². The van der Waals surface area contributed by atoms with Crippen LogP contribution < -0.4 is 0 Å². The lowest BCUT2D eigenvalue weighted by Crippen LogP contribution is -2.39. The van der Waals surface area contributed by atoms with E-state index in [2.05, 4.69) is 18.2 Å². The van der Waals surface area contributed by atoms with Crippen LogP contribution in [0.5, 0.6) is 0 Å². The van der Waals surface area contributed by atoms with Crippen LogP contribution in [0.15, 0.2) is 48.6 Å². The second-order valence-electron chi connectivity index (χ2n) is 10.3. The van der Waals surface area contributed by atoms with Crippen molar-refractivity contribution in [2.75, 3.05) is 13.7 Å². The van der Waals surface area contributed by atoms with Crippen LogP contribution in [0.1, 0.15) is 69.8 Å². The molecule has 1 aliphatic heterocycles. The zero-order valence-electron chi connectivity index (χ0n) is 20.3. The van der Waals surface area contributed by atoms with Gasteiger partial charge >= 0.3 is 5.97 Å². The SMILES string of the molecule is COC(=O)CCCC=CC[C@H]1[C@H](C=C[C@@H](O)C2CCCCC2)[C@@H]2C[C@@]1(c1ccc(F)cc1)CO2. The first-order valence-corrected chi connectivity index (χ1v) is 13.0. The largest absolute Gasteiger partial charge is 0.469 e. The van der Waals surface area contributed by atoms with Crippen LogP contribution in [0.3, 0.4) is 0 Å². The number of carbonyl (C=O) groups is 1. The molecule has 2 saturated carbocycles. The predicted molar refractivity (Wildman–Crippen MR) is 131 cm³/mol. The summed E-state index contributed by atoms with van der Waals surface area (Å²) >= 11 is 0. The molecule has 4 rings (SSSR count). The number of ether oxygens (including phenoxy) is 2. The molecule has 1 aromatic carbocycles. The number of carbonyl (C=O) groups excluding carboxylic acids is 1. The molecule has 2 aliphatic carbocycles. The van der Waals surface area contributed by atoms with Crippen LogP contribution in [-0.2, 0) is 19.7 Å². The third-order valence-electron chi connectivity index (χ3n) is 8.34. The van der Waals surface area contributed by atoms with Crippen LogP contribution in [0.2, 0.25) is 0 Å². The van der Waals surface area contributed by atoms with Crippen molar-refractivity contribution in [1.29, 1.82) is 0 Å². The van der Waals surface area contributed by atoms with Gasteiger partial charge in [0.15, 0.2) is 0 Å². The molecule has 3 fully saturated rings. The van der Waals surface area contributed by atoms with E-state index in [0.29, 0.717) is 24.9 Å². The summed E-state index contributed by atoms with van der Waals surface area (Å²) in [5.41, 5.74) is 1.00. The van der Waals surface area contributed by atoms with Crippen molar-refractivity contribution < 1.29 is 23.8 Å². The highest BCUT2D eigenvalue weighted by Crippen LogP contribution is 2.57. The van der Waals surface area contributed by atoms with Gasteiger partial charge in [0.2, 0.25) is 0 Å². The van der Waals surface area contributed by atoms with Gasteiger partial charge in [0.1, 0.15) is 5.82 Å². The van der Waals surface area contributed by atoms with Crippen molar-refractivity contribution in [2.24, 2.45) is 17.8 Å². The lowest BCUT2D eigenvalue weighted by Gasteiger charge is -2.38. The van der Waals surface area contributed by atoms with Crippen molar-refractivity contribution >= 4 is 5.97 Å². The van der Waals surface area contributed by atoms with Crippen LogP contribution in [0.4, 0.5) is 4.39 Å². The first-order chi connectivity index (χ1) is 16.5. The highest BCUT2D eigenvalue weighted by atomic mass is 19.1. The summed E-state index contributed by atoms with van der Waals surface area (Å²) in [6.45, 7) is 0.652. The number of benzene rings is 1. The number of aliphatic hydroxyl groups excluding tert-OH is 1. The summed E-state index contributed by atoms with van der Waals surface area (Å²) in [5.74, 6) is 0.516. The molecule has 1 aromatic rings. The maximum absolute atomic E-state index is 13.7. The lowest BCUT2D eigenvalue weighted by molar-refractivity contribution is -0.140. The Labute approximate surface area is 203 Å². The quantitative estimate of drug-likeness (QED) is 0.263. The normalized spacial score (nSPS) is 30.4. The molecule has 5 atom stereocenters. The zero-order chi connectivity index (χ0) is 24.0. The Morgan fingerprint density at radius 3 is 2.74 bits per heavy atom. The van der Waals surface area contributed by atoms with E-state index in [4.69, 9.17) is 9.47 Å². The van der Waals surface area contributed by atoms with Gasteiger partial charge in [0.05, 0.1) is 25.9 Å². The number of fused-ring (bicyclic) bond motifs is 2. The molecule has 2 bridgehead atoms. The number of aliphatic hydroxyl groups is 1. The molecule has 3 aliphatic rings. The van der Waals surface area contributed by atoms with Crippen molar-refractivity contribution in [1.82, 2.24) is 0 Å². The van der Waals surface area contributed by atoms with Crippen molar-refractivity contribution in [3.8, 4) is 0 Å². The highest BCUT2D eigenvalue weighted by Gasteiger charge is 2.58. The molecule has 0 unspecified atom stereocenters. The minimum absolute atomic E-state index is 0.123. The second kappa shape index (κ2) is 11.6. The van der Waals surface area contributed by atoms with Gasteiger partial charge in [-0.15, -0.1) is 0 Å². The van der Waals surface area contributed by atoms with E-state index >= 15 is 0 Å². The molecule has 1 saturated heterocycles. The van der Waals surface area contributed by atoms with E-state index in [1.807, 2.05) is 18.2 Å². The topological polar surface area (TPSA) is 55.8 Å². The van der Waals surface area contributed by atoms with Crippen LogP contribution in [0.25, 0.3) is 0 Å². The summed E-state index contributed by atoms with van der Waals surface area (Å²) in [4.78, 5) is 11.3. The fourth-order valence-corrected chi connectivity index (χ4v) is 6.41. The lowest BCUT2D eigenvalue weighted by atomic mass is 9.69. The first-order valence-electron chi connectivity index (χ1n) is 13.0. The Kier molecular flexibility index (Phi) is 8.60. The summed E-state index contributed by atoms with van der Waals surface area (Å²) in [6.07, 6.45) is 18.1. The number of methoxy groups -OCH3 is 1. The van der Waals surface area contributed by atoms with E-state index in [0.717, 1.165) is 44.1 Å². The maximum atomic E-state index is 13.7. The van der Waals surface area contributed by atoms with Gasteiger partial charge in [-0.3, -0.25) is 4.79 Å². The van der Waals surface area contributed by atoms with Gasteiger partial charge < -0.3 is 14.6 Å². The van der Waals surface area contributed by atoms with Gasteiger partial charge in [-0.05, 0) is 68.1 Å². The number of esters is 1. The summed E-state index contributed by atoms with van der Waals surface area (Å²) in [6, 6.07) is 6.93. The van der Waals surface area contributed by atoms with Crippen LogP contribution in [-0.4, -0.2) is 37.0 Å². The summed E-state index contributed by atoms with van der Waals surface area (Å²) < 4.78 is 24.6. The van der Waals surface area contributed by atoms with E-state index < -0.39 is 6.10 Å². The van der Waals surface area contributed by atoms with Crippen LogP contribution >= 0.6 is 0 Å². The molecule has 34 heavy (non-hydrogen) atoms. The maximum Gasteiger partial charge on any atom is 0.305 e.